The third kappa shape index (κ3) is 3.21. The summed E-state index contributed by atoms with van der Waals surface area (Å²) in [6.07, 6.45) is -0.752. The van der Waals surface area contributed by atoms with Crippen molar-refractivity contribution in [2.45, 2.75) is 11.6 Å². The zero-order valence-electron chi connectivity index (χ0n) is 18.0. The number of pyridine rings is 1. The summed E-state index contributed by atoms with van der Waals surface area (Å²) in [5.41, 5.74) is -2.16. The maximum Gasteiger partial charge on any atom is 0.418 e. The summed E-state index contributed by atoms with van der Waals surface area (Å²) in [6, 6.07) is 5.72. The van der Waals surface area contributed by atoms with Crippen molar-refractivity contribution in [1.82, 2.24) is 23.7 Å². The zero-order chi connectivity index (χ0) is 24.3. The van der Waals surface area contributed by atoms with Gasteiger partial charge in [-0.1, -0.05) is 0 Å². The largest absolute Gasteiger partial charge is 0.497 e. The van der Waals surface area contributed by atoms with Gasteiger partial charge in [-0.05, 0) is 23.8 Å². The number of carbonyl (C=O) groups excluding carboxylic acids is 1. The number of fused-ring (bicyclic) bond motifs is 1. The van der Waals surface area contributed by atoms with Crippen molar-refractivity contribution in [1.29, 1.82) is 0 Å². The van der Waals surface area contributed by atoms with E-state index in [9.17, 15) is 22.8 Å². The zero-order valence-corrected chi connectivity index (χ0v) is 18.0. The van der Waals surface area contributed by atoms with Crippen LogP contribution in [0.2, 0.25) is 0 Å². The predicted octanol–water partition coefficient (Wildman–Crippen LogP) is 2.37. The van der Waals surface area contributed by atoms with Crippen molar-refractivity contribution < 1.29 is 27.4 Å². The SMILES string of the molecule is COc1cc(-n2cc3c(C(F)(F)F)cc(C=O)cn3c2=O)cc(C2(c3nncn3C)COC2)c1. The van der Waals surface area contributed by atoms with Crippen LogP contribution in [0.15, 0.2) is 47.8 Å². The highest BCUT2D eigenvalue weighted by Crippen LogP contribution is 2.40. The molecule has 0 aliphatic carbocycles. The molecule has 4 aromatic rings. The maximum atomic E-state index is 13.7. The fourth-order valence-corrected chi connectivity index (χ4v) is 4.25. The molecular formula is C22H18F3N5O4. The lowest BCUT2D eigenvalue weighted by molar-refractivity contribution is -0.136. The van der Waals surface area contributed by atoms with Crippen molar-refractivity contribution in [3.05, 3.63) is 76.0 Å². The van der Waals surface area contributed by atoms with Crippen molar-refractivity contribution in [2.24, 2.45) is 7.05 Å². The van der Waals surface area contributed by atoms with Crippen LogP contribution in [0.5, 0.6) is 5.75 Å². The van der Waals surface area contributed by atoms with E-state index in [1.54, 1.807) is 36.1 Å². The van der Waals surface area contributed by atoms with Gasteiger partial charge in [0.25, 0.3) is 0 Å². The van der Waals surface area contributed by atoms with Crippen molar-refractivity contribution in [2.75, 3.05) is 20.3 Å². The summed E-state index contributed by atoms with van der Waals surface area (Å²) in [7, 11) is 3.25. The van der Waals surface area contributed by atoms with Gasteiger partial charge in [0.15, 0.2) is 6.29 Å². The third-order valence-electron chi connectivity index (χ3n) is 6.02. The topological polar surface area (TPSA) is 92.6 Å². The van der Waals surface area contributed by atoms with Gasteiger partial charge in [0.2, 0.25) is 0 Å². The molecule has 1 aliphatic rings. The maximum absolute atomic E-state index is 13.7. The first-order valence-corrected chi connectivity index (χ1v) is 10.1. The number of carbonyl (C=O) groups is 1. The molecule has 0 N–H and O–H groups in total. The van der Waals surface area contributed by atoms with Crippen LogP contribution >= 0.6 is 0 Å². The molecule has 0 atom stereocenters. The second kappa shape index (κ2) is 7.55. The summed E-state index contributed by atoms with van der Waals surface area (Å²) in [4.78, 5) is 24.4. The first kappa shape index (κ1) is 21.9. The number of rotatable bonds is 5. The number of aryl methyl sites for hydroxylation is 1. The lowest BCUT2D eigenvalue weighted by Crippen LogP contribution is -2.49. The summed E-state index contributed by atoms with van der Waals surface area (Å²) in [5.74, 6) is 1.04. The van der Waals surface area contributed by atoms with Gasteiger partial charge in [-0.2, -0.15) is 13.2 Å². The van der Waals surface area contributed by atoms with Crippen LogP contribution < -0.4 is 10.4 Å². The number of nitrogens with zero attached hydrogens (tertiary/aromatic N) is 5. The molecule has 1 aliphatic heterocycles. The molecule has 1 aromatic carbocycles. The second-order valence-electron chi connectivity index (χ2n) is 8.10. The van der Waals surface area contributed by atoms with Crippen LogP contribution in [0.25, 0.3) is 11.2 Å². The molecule has 4 heterocycles. The Kier molecular flexibility index (Phi) is 4.86. The van der Waals surface area contributed by atoms with E-state index in [0.717, 1.165) is 27.4 Å². The summed E-state index contributed by atoms with van der Waals surface area (Å²) >= 11 is 0. The second-order valence-corrected chi connectivity index (χ2v) is 8.10. The van der Waals surface area contributed by atoms with Gasteiger partial charge in [-0.25, -0.2) is 4.79 Å². The molecular weight excluding hydrogens is 455 g/mol. The van der Waals surface area contributed by atoms with E-state index in [2.05, 4.69) is 10.2 Å². The summed E-state index contributed by atoms with van der Waals surface area (Å²) in [6.45, 7) is 0.611. The average molecular weight is 473 g/mol. The number of methoxy groups -OCH3 is 1. The molecule has 0 spiro atoms. The van der Waals surface area contributed by atoms with Crippen LogP contribution in [0.3, 0.4) is 0 Å². The fraction of sp³-hybridized carbons (Fsp3) is 0.273. The molecule has 0 unspecified atom stereocenters. The van der Waals surface area contributed by atoms with Gasteiger partial charge in [0.05, 0.1) is 37.1 Å². The van der Waals surface area contributed by atoms with E-state index in [1.165, 1.54) is 7.11 Å². The normalized spacial score (nSPS) is 15.3. The number of hydrogen-bond acceptors (Lipinski definition) is 6. The molecule has 1 fully saturated rings. The van der Waals surface area contributed by atoms with Gasteiger partial charge < -0.3 is 14.0 Å². The Morgan fingerprint density at radius 1 is 1.18 bits per heavy atom. The lowest BCUT2D eigenvalue weighted by Gasteiger charge is -2.41. The highest BCUT2D eigenvalue weighted by molar-refractivity contribution is 5.77. The summed E-state index contributed by atoms with van der Waals surface area (Å²) < 4.78 is 55.6. The Morgan fingerprint density at radius 2 is 1.94 bits per heavy atom. The minimum absolute atomic E-state index is 0.265. The minimum Gasteiger partial charge on any atom is -0.497 e. The van der Waals surface area contributed by atoms with E-state index in [1.807, 2.05) is 0 Å². The monoisotopic (exact) mass is 473 g/mol. The molecule has 1 saturated heterocycles. The number of halogens is 3. The molecule has 12 heteroatoms. The minimum atomic E-state index is -4.76. The third-order valence-corrected chi connectivity index (χ3v) is 6.02. The molecule has 9 nitrogen and oxygen atoms in total. The number of aromatic nitrogens is 5. The van der Waals surface area contributed by atoms with E-state index in [0.29, 0.717) is 30.4 Å². The quantitative estimate of drug-likeness (QED) is 0.414. The number of hydrogen-bond donors (Lipinski definition) is 0. The highest BCUT2D eigenvalue weighted by atomic mass is 19.4. The number of ether oxygens (including phenoxy) is 2. The Bertz CT molecular complexity index is 1480. The molecule has 34 heavy (non-hydrogen) atoms. The lowest BCUT2D eigenvalue weighted by atomic mass is 9.77. The molecule has 5 rings (SSSR count). The Labute approximate surface area is 190 Å². The van der Waals surface area contributed by atoms with Crippen LogP contribution in [0, 0.1) is 0 Å². The number of alkyl halides is 3. The van der Waals surface area contributed by atoms with Gasteiger partial charge in [0.1, 0.15) is 23.3 Å². The first-order valence-electron chi connectivity index (χ1n) is 10.1. The van der Waals surface area contributed by atoms with Crippen LogP contribution in [0.4, 0.5) is 13.2 Å². The molecule has 0 radical (unpaired) electrons. The average Bonchev–Trinajstić information content (AvgIpc) is 3.35. The van der Waals surface area contributed by atoms with E-state index < -0.39 is 22.8 Å². The molecule has 176 valence electrons. The van der Waals surface area contributed by atoms with Crippen LogP contribution in [-0.4, -0.2) is 50.3 Å². The van der Waals surface area contributed by atoms with Gasteiger partial charge in [0, 0.05) is 31.1 Å². The van der Waals surface area contributed by atoms with Crippen molar-refractivity contribution >= 4 is 11.8 Å². The standard InChI is InChI=1S/C22H18F3N5O4/c1-28-12-26-27-19(28)21(10-34-11-21)14-4-15(6-16(5-14)33-2)29-8-18-17(22(23,24)25)3-13(9-31)7-30(18)20(29)32/h3-9,12H,10-11H2,1-2H3. The summed E-state index contributed by atoms with van der Waals surface area (Å²) in [5, 5.41) is 8.16. The Morgan fingerprint density at radius 3 is 2.50 bits per heavy atom. The predicted molar refractivity (Wildman–Crippen MR) is 113 cm³/mol. The van der Waals surface area contributed by atoms with Crippen molar-refractivity contribution in [3.63, 3.8) is 0 Å². The van der Waals surface area contributed by atoms with Gasteiger partial charge >= 0.3 is 11.9 Å². The number of imidazole rings is 1. The van der Waals surface area contributed by atoms with E-state index in [-0.39, 0.29) is 23.1 Å². The van der Waals surface area contributed by atoms with Gasteiger partial charge in [-0.15, -0.1) is 10.2 Å². The van der Waals surface area contributed by atoms with E-state index >= 15 is 0 Å². The molecule has 0 saturated carbocycles. The molecule has 0 amide bonds. The number of aldehydes is 1. The van der Waals surface area contributed by atoms with E-state index in [4.69, 9.17) is 9.47 Å². The van der Waals surface area contributed by atoms with Crippen molar-refractivity contribution in [3.8, 4) is 11.4 Å². The number of benzene rings is 1. The highest BCUT2D eigenvalue weighted by Gasteiger charge is 2.46. The Hall–Kier alpha value is -3.93. The van der Waals surface area contributed by atoms with Crippen LogP contribution in [0.1, 0.15) is 27.3 Å². The van der Waals surface area contributed by atoms with Crippen LogP contribution in [-0.2, 0) is 23.4 Å². The Balaban J connectivity index is 1.75. The molecule has 3 aromatic heterocycles. The fourth-order valence-electron chi connectivity index (χ4n) is 4.25. The van der Waals surface area contributed by atoms with Gasteiger partial charge in [-0.3, -0.25) is 13.8 Å². The smallest absolute Gasteiger partial charge is 0.418 e. The molecule has 0 bridgehead atoms. The first-order chi connectivity index (χ1) is 16.2.